The average molecular weight is 319 g/mol. The largest absolute Gasteiger partial charge is 0.364 e. The fourth-order valence-electron chi connectivity index (χ4n) is 2.37. The molecule has 0 radical (unpaired) electrons. The Hall–Kier alpha value is -2.51. The van der Waals surface area contributed by atoms with Crippen molar-refractivity contribution < 1.29 is 18.6 Å². The molecule has 0 fully saturated rings. The van der Waals surface area contributed by atoms with Gasteiger partial charge in [0.05, 0.1) is 23.2 Å². The predicted octanol–water partition coefficient (Wildman–Crippen LogP) is 3.53. The van der Waals surface area contributed by atoms with Crippen LogP contribution in [0.1, 0.15) is 17.4 Å². The molecule has 0 saturated heterocycles. The normalized spacial score (nSPS) is 12.6. The van der Waals surface area contributed by atoms with E-state index in [9.17, 15) is 13.9 Å². The van der Waals surface area contributed by atoms with Crippen LogP contribution in [0.5, 0.6) is 0 Å². The maximum absolute atomic E-state index is 14.7. The summed E-state index contributed by atoms with van der Waals surface area (Å²) in [5.74, 6) is -1.22. The molecular weight excluding hydrogens is 304 g/mol. The van der Waals surface area contributed by atoms with Gasteiger partial charge in [0.1, 0.15) is 11.3 Å². The Labute approximate surface area is 130 Å². The highest BCUT2D eigenvalue weighted by molar-refractivity contribution is 5.84. The average Bonchev–Trinajstić information content (AvgIpc) is 3.00. The van der Waals surface area contributed by atoms with Crippen LogP contribution in [0.25, 0.3) is 11.0 Å². The van der Waals surface area contributed by atoms with Crippen LogP contribution in [0.4, 0.5) is 20.2 Å². The SMILES string of the molecule is COC(O)c1cc2[nH]cnc2c(F)c1Nc1ccc(C)cc1F. The molecule has 0 amide bonds. The molecule has 2 aromatic carbocycles. The summed E-state index contributed by atoms with van der Waals surface area (Å²) in [6.07, 6.45) is -0.0272. The molecule has 1 aromatic heterocycles. The highest BCUT2D eigenvalue weighted by Gasteiger charge is 2.21. The monoisotopic (exact) mass is 319 g/mol. The molecule has 5 nitrogen and oxygen atoms in total. The van der Waals surface area contributed by atoms with Crippen LogP contribution in [-0.2, 0) is 4.74 Å². The Balaban J connectivity index is 2.15. The fourth-order valence-corrected chi connectivity index (χ4v) is 2.37. The van der Waals surface area contributed by atoms with Crippen LogP contribution in [0.2, 0.25) is 0 Å². The van der Waals surface area contributed by atoms with Crippen molar-refractivity contribution in [1.82, 2.24) is 9.97 Å². The molecule has 0 aliphatic heterocycles. The van der Waals surface area contributed by atoms with Crippen LogP contribution in [0, 0.1) is 18.6 Å². The standard InChI is InChI=1S/C16H15F2N3O2/c1-8-3-4-11(10(17)5-8)21-14-9(16(22)23-2)6-12-15(13(14)18)20-7-19-12/h3-7,16,21-22H,1-2H3,(H,19,20). The van der Waals surface area contributed by atoms with E-state index in [4.69, 9.17) is 4.74 Å². The smallest absolute Gasteiger partial charge is 0.183 e. The number of aryl methyl sites for hydroxylation is 1. The number of hydrogen-bond acceptors (Lipinski definition) is 4. The van der Waals surface area contributed by atoms with Gasteiger partial charge in [0.15, 0.2) is 12.1 Å². The number of methoxy groups -OCH3 is 1. The zero-order valence-corrected chi connectivity index (χ0v) is 12.5. The molecule has 0 saturated carbocycles. The number of rotatable bonds is 4. The number of nitrogens with zero attached hydrogens (tertiary/aromatic N) is 1. The number of aliphatic hydroxyl groups is 1. The second kappa shape index (κ2) is 5.94. The van der Waals surface area contributed by atoms with E-state index >= 15 is 0 Å². The molecule has 23 heavy (non-hydrogen) atoms. The van der Waals surface area contributed by atoms with E-state index in [0.717, 1.165) is 5.56 Å². The minimum Gasteiger partial charge on any atom is -0.364 e. The van der Waals surface area contributed by atoms with Crippen molar-refractivity contribution in [1.29, 1.82) is 0 Å². The summed E-state index contributed by atoms with van der Waals surface area (Å²) in [4.78, 5) is 6.67. The van der Waals surface area contributed by atoms with Gasteiger partial charge in [-0.3, -0.25) is 0 Å². The molecular formula is C16H15F2N3O2. The lowest BCUT2D eigenvalue weighted by atomic mass is 10.1. The minimum absolute atomic E-state index is 0.0818. The number of aliphatic hydroxyl groups excluding tert-OH is 1. The first-order valence-corrected chi connectivity index (χ1v) is 6.90. The van der Waals surface area contributed by atoms with Crippen LogP contribution in [0.15, 0.2) is 30.6 Å². The molecule has 1 unspecified atom stereocenters. The van der Waals surface area contributed by atoms with E-state index in [0.29, 0.717) is 5.52 Å². The lowest BCUT2D eigenvalue weighted by Crippen LogP contribution is -2.07. The van der Waals surface area contributed by atoms with Crippen molar-refractivity contribution in [2.24, 2.45) is 0 Å². The van der Waals surface area contributed by atoms with E-state index in [-0.39, 0.29) is 22.5 Å². The van der Waals surface area contributed by atoms with Gasteiger partial charge in [0.2, 0.25) is 0 Å². The summed E-state index contributed by atoms with van der Waals surface area (Å²) in [6, 6.07) is 6.04. The van der Waals surface area contributed by atoms with E-state index < -0.39 is 17.9 Å². The van der Waals surface area contributed by atoms with Crippen LogP contribution >= 0.6 is 0 Å². The predicted molar refractivity (Wildman–Crippen MR) is 82.4 cm³/mol. The molecule has 3 rings (SSSR count). The molecule has 0 aliphatic rings. The first-order chi connectivity index (χ1) is 11.0. The van der Waals surface area contributed by atoms with E-state index in [2.05, 4.69) is 15.3 Å². The third-order valence-electron chi connectivity index (χ3n) is 3.56. The molecule has 3 aromatic rings. The molecule has 3 N–H and O–H groups in total. The summed E-state index contributed by atoms with van der Waals surface area (Å²) >= 11 is 0. The lowest BCUT2D eigenvalue weighted by molar-refractivity contribution is -0.0764. The van der Waals surface area contributed by atoms with Crippen LogP contribution < -0.4 is 5.32 Å². The number of nitrogens with one attached hydrogen (secondary N) is 2. The van der Waals surface area contributed by atoms with Crippen LogP contribution in [-0.4, -0.2) is 22.2 Å². The number of halogens is 2. The van der Waals surface area contributed by atoms with Crippen molar-refractivity contribution in [3.8, 4) is 0 Å². The Morgan fingerprint density at radius 2 is 2.09 bits per heavy atom. The number of anilines is 2. The summed E-state index contributed by atoms with van der Waals surface area (Å²) in [5, 5.41) is 12.7. The molecule has 0 spiro atoms. The quantitative estimate of drug-likeness (QED) is 0.643. The van der Waals surface area contributed by atoms with Crippen molar-refractivity contribution in [2.75, 3.05) is 12.4 Å². The summed E-state index contributed by atoms with van der Waals surface area (Å²) in [6.45, 7) is 1.75. The third-order valence-corrected chi connectivity index (χ3v) is 3.56. The number of aromatic amines is 1. The zero-order valence-electron chi connectivity index (χ0n) is 12.5. The first kappa shape index (κ1) is 15.4. The first-order valence-electron chi connectivity index (χ1n) is 6.90. The summed E-state index contributed by atoms with van der Waals surface area (Å²) in [5.41, 5.74) is 1.39. The maximum Gasteiger partial charge on any atom is 0.183 e. The highest BCUT2D eigenvalue weighted by Crippen LogP contribution is 2.34. The van der Waals surface area contributed by atoms with E-state index in [1.807, 2.05) is 0 Å². The Morgan fingerprint density at radius 3 is 2.78 bits per heavy atom. The molecule has 7 heteroatoms. The van der Waals surface area contributed by atoms with Gasteiger partial charge in [0, 0.05) is 12.7 Å². The van der Waals surface area contributed by atoms with Crippen molar-refractivity contribution in [3.63, 3.8) is 0 Å². The second-order valence-corrected chi connectivity index (χ2v) is 5.15. The third kappa shape index (κ3) is 2.76. The number of fused-ring (bicyclic) bond motifs is 1. The molecule has 0 aliphatic carbocycles. The number of benzene rings is 2. The highest BCUT2D eigenvalue weighted by atomic mass is 19.1. The van der Waals surface area contributed by atoms with Gasteiger partial charge in [-0.25, -0.2) is 13.8 Å². The van der Waals surface area contributed by atoms with Gasteiger partial charge in [-0.1, -0.05) is 6.07 Å². The maximum atomic E-state index is 14.7. The van der Waals surface area contributed by atoms with E-state index in [1.165, 1.54) is 31.6 Å². The molecule has 1 heterocycles. The summed E-state index contributed by atoms with van der Waals surface area (Å²) in [7, 11) is 1.29. The second-order valence-electron chi connectivity index (χ2n) is 5.15. The molecule has 0 bridgehead atoms. The Kier molecular flexibility index (Phi) is 3.97. The van der Waals surface area contributed by atoms with Gasteiger partial charge in [-0.2, -0.15) is 0 Å². The molecule has 1 atom stereocenters. The fraction of sp³-hybridized carbons (Fsp3) is 0.188. The van der Waals surface area contributed by atoms with Gasteiger partial charge in [-0.15, -0.1) is 0 Å². The number of imidazole rings is 1. The number of hydrogen-bond donors (Lipinski definition) is 3. The minimum atomic E-state index is -1.37. The van der Waals surface area contributed by atoms with E-state index in [1.54, 1.807) is 13.0 Å². The zero-order chi connectivity index (χ0) is 16.6. The Bertz CT molecular complexity index is 864. The van der Waals surface area contributed by atoms with Crippen molar-refractivity contribution in [3.05, 3.63) is 53.4 Å². The number of aromatic nitrogens is 2. The van der Waals surface area contributed by atoms with Crippen LogP contribution in [0.3, 0.4) is 0 Å². The van der Waals surface area contributed by atoms with Gasteiger partial charge >= 0.3 is 0 Å². The van der Waals surface area contributed by atoms with Gasteiger partial charge < -0.3 is 20.1 Å². The number of ether oxygens (including phenoxy) is 1. The number of H-pyrrole nitrogens is 1. The van der Waals surface area contributed by atoms with Gasteiger partial charge in [-0.05, 0) is 30.7 Å². The lowest BCUT2D eigenvalue weighted by Gasteiger charge is -2.17. The van der Waals surface area contributed by atoms with Crippen molar-refractivity contribution >= 4 is 22.4 Å². The topological polar surface area (TPSA) is 70.2 Å². The van der Waals surface area contributed by atoms with Crippen molar-refractivity contribution in [2.45, 2.75) is 13.2 Å². The summed E-state index contributed by atoms with van der Waals surface area (Å²) < 4.78 is 33.6. The molecule has 120 valence electrons. The van der Waals surface area contributed by atoms with Gasteiger partial charge in [0.25, 0.3) is 0 Å². The Morgan fingerprint density at radius 1 is 1.30 bits per heavy atom.